The maximum absolute atomic E-state index is 3.42. The quantitative estimate of drug-likeness (QED) is 0.446. The van der Waals surface area contributed by atoms with Gasteiger partial charge in [-0.05, 0) is 12.8 Å². The largest absolute Gasteiger partial charge is 4.00 e. The van der Waals surface area contributed by atoms with Crippen molar-refractivity contribution < 1.29 is 46.5 Å². The Morgan fingerprint density at radius 2 is 1.05 bits per heavy atom. The van der Waals surface area contributed by atoms with E-state index in [1.807, 2.05) is 0 Å². The summed E-state index contributed by atoms with van der Waals surface area (Å²) in [7, 11) is 0. The first-order chi connectivity index (χ1) is 7.59. The van der Waals surface area contributed by atoms with E-state index in [0.29, 0.717) is 0 Å². The van der Waals surface area contributed by atoms with E-state index in [4.69, 9.17) is 0 Å². The first-order valence-corrected chi connectivity index (χ1v) is 6.12. The van der Waals surface area contributed by atoms with Gasteiger partial charge < -0.3 is 24.8 Å². The summed E-state index contributed by atoms with van der Waals surface area (Å²) >= 11 is 0. The van der Waals surface area contributed by atoms with Gasteiger partial charge in [0.15, 0.2) is 0 Å². The standard InChI is InChI=1S/C16H20.2ClH.Ti/c1-11-5-7-15(13(11)3)9-10-16-8-6-12(2)14(16)4;;;/h7-10H2,1-4H3;2*1H;/q-2;;;+4/p-2. The molecular formula is C16H20Cl2Ti. The Kier molecular flexibility index (Phi) is 10.5. The summed E-state index contributed by atoms with van der Waals surface area (Å²) in [6, 6.07) is 0. The van der Waals surface area contributed by atoms with Crippen LogP contribution in [0.15, 0.2) is 33.4 Å². The van der Waals surface area contributed by atoms with Crippen molar-refractivity contribution in [3.8, 4) is 0 Å². The predicted octanol–water partition coefficient (Wildman–Crippen LogP) is -1.29. The van der Waals surface area contributed by atoms with Crippen LogP contribution in [0.2, 0.25) is 0 Å². The molecule has 0 atom stereocenters. The van der Waals surface area contributed by atoms with E-state index in [1.54, 1.807) is 11.1 Å². The van der Waals surface area contributed by atoms with Crippen LogP contribution in [-0.2, 0) is 21.7 Å². The molecule has 0 nitrogen and oxygen atoms in total. The fourth-order valence-corrected chi connectivity index (χ4v) is 2.39. The molecule has 0 unspecified atom stereocenters. The molecule has 0 fully saturated rings. The van der Waals surface area contributed by atoms with E-state index in [-0.39, 0.29) is 46.5 Å². The fourth-order valence-electron chi connectivity index (χ4n) is 2.39. The minimum absolute atomic E-state index is 0. The van der Waals surface area contributed by atoms with Gasteiger partial charge in [-0.3, -0.25) is 12.2 Å². The second-order valence-electron chi connectivity index (χ2n) is 4.91. The smallest absolute Gasteiger partial charge is 1.00 e. The van der Waals surface area contributed by atoms with Crippen LogP contribution in [0, 0.1) is 12.2 Å². The Bertz CT molecular complexity index is 398. The molecule has 0 saturated heterocycles. The molecule has 2 aliphatic rings. The summed E-state index contributed by atoms with van der Waals surface area (Å²) in [6.45, 7) is 8.80. The molecule has 0 aromatic carbocycles. The minimum atomic E-state index is 0. The molecule has 0 aromatic heterocycles. The Morgan fingerprint density at radius 1 is 0.737 bits per heavy atom. The van der Waals surface area contributed by atoms with Gasteiger partial charge in [-0.2, -0.15) is 22.3 Å². The summed E-state index contributed by atoms with van der Waals surface area (Å²) < 4.78 is 0. The van der Waals surface area contributed by atoms with E-state index in [0.717, 1.165) is 12.8 Å². The first-order valence-electron chi connectivity index (χ1n) is 6.12. The van der Waals surface area contributed by atoms with E-state index >= 15 is 0 Å². The van der Waals surface area contributed by atoms with Gasteiger partial charge in [0.25, 0.3) is 0 Å². The van der Waals surface area contributed by atoms with Crippen molar-refractivity contribution in [2.75, 3.05) is 0 Å². The van der Waals surface area contributed by atoms with Crippen molar-refractivity contribution in [3.05, 3.63) is 45.6 Å². The van der Waals surface area contributed by atoms with Crippen LogP contribution in [0.5, 0.6) is 0 Å². The van der Waals surface area contributed by atoms with Crippen LogP contribution >= 0.6 is 0 Å². The number of hydrogen-bond donors (Lipinski definition) is 0. The fraction of sp³-hybridized carbons (Fsp3) is 0.500. The topological polar surface area (TPSA) is 0 Å². The summed E-state index contributed by atoms with van der Waals surface area (Å²) in [4.78, 5) is 0. The van der Waals surface area contributed by atoms with Crippen molar-refractivity contribution in [2.45, 2.75) is 53.4 Å². The average molecular weight is 331 g/mol. The maximum atomic E-state index is 3.42. The summed E-state index contributed by atoms with van der Waals surface area (Å²) in [6.07, 6.45) is 11.4. The summed E-state index contributed by atoms with van der Waals surface area (Å²) in [5.74, 6) is 0. The van der Waals surface area contributed by atoms with Gasteiger partial charge in [0.05, 0.1) is 0 Å². The van der Waals surface area contributed by atoms with Gasteiger partial charge in [0.2, 0.25) is 0 Å². The van der Waals surface area contributed by atoms with E-state index < -0.39 is 0 Å². The normalized spacial score (nSPS) is 17.5. The van der Waals surface area contributed by atoms with Gasteiger partial charge >= 0.3 is 21.7 Å². The van der Waals surface area contributed by atoms with Gasteiger partial charge in [0, 0.05) is 0 Å². The molecule has 102 valence electrons. The first kappa shape index (κ1) is 21.6. The van der Waals surface area contributed by atoms with E-state index in [9.17, 15) is 0 Å². The number of halogens is 2. The van der Waals surface area contributed by atoms with Crippen molar-refractivity contribution in [1.29, 1.82) is 0 Å². The summed E-state index contributed by atoms with van der Waals surface area (Å²) in [5.41, 5.74) is 8.83. The van der Waals surface area contributed by atoms with Crippen LogP contribution < -0.4 is 24.8 Å². The van der Waals surface area contributed by atoms with Crippen molar-refractivity contribution >= 4 is 0 Å². The zero-order valence-corrected chi connectivity index (χ0v) is 15.2. The molecule has 2 rings (SSSR count). The number of rotatable bonds is 3. The third kappa shape index (κ3) is 4.94. The van der Waals surface area contributed by atoms with E-state index in [2.05, 4.69) is 39.8 Å². The monoisotopic (exact) mass is 330 g/mol. The SMILES string of the molecule is CC1=[C-]CC(CCC2=C(C)C(C)=[C-]C2)=C1C.[Cl-].[Cl-].[Ti+4]. The molecule has 0 aromatic rings. The minimum Gasteiger partial charge on any atom is -1.00 e. The molecule has 0 radical (unpaired) electrons. The van der Waals surface area contributed by atoms with Gasteiger partial charge in [-0.1, -0.05) is 13.8 Å². The Labute approximate surface area is 145 Å². The maximum Gasteiger partial charge on any atom is 4.00 e. The van der Waals surface area contributed by atoms with Gasteiger partial charge in [-0.25, -0.2) is 11.1 Å². The molecule has 0 aliphatic heterocycles. The molecule has 3 heteroatoms. The molecule has 0 heterocycles. The predicted molar refractivity (Wildman–Crippen MR) is 68.7 cm³/mol. The van der Waals surface area contributed by atoms with Crippen molar-refractivity contribution in [3.63, 3.8) is 0 Å². The molecule has 0 spiro atoms. The van der Waals surface area contributed by atoms with Crippen LogP contribution in [-0.4, -0.2) is 0 Å². The summed E-state index contributed by atoms with van der Waals surface area (Å²) in [5, 5.41) is 0. The zero-order chi connectivity index (χ0) is 11.7. The van der Waals surface area contributed by atoms with Crippen LogP contribution in [0.4, 0.5) is 0 Å². The molecule has 0 N–H and O–H groups in total. The third-order valence-electron chi connectivity index (χ3n) is 4.05. The van der Waals surface area contributed by atoms with Gasteiger partial charge in [0.1, 0.15) is 0 Å². The molecular weight excluding hydrogens is 311 g/mol. The Morgan fingerprint density at radius 3 is 1.26 bits per heavy atom. The Hall–Kier alpha value is 0.254. The molecule has 19 heavy (non-hydrogen) atoms. The molecule has 0 saturated carbocycles. The molecule has 2 aliphatic carbocycles. The second kappa shape index (κ2) is 9.24. The van der Waals surface area contributed by atoms with E-state index in [1.165, 1.54) is 35.1 Å². The average Bonchev–Trinajstić information content (AvgIpc) is 2.74. The van der Waals surface area contributed by atoms with Gasteiger partial charge in [-0.15, -0.1) is 26.7 Å². The van der Waals surface area contributed by atoms with Crippen molar-refractivity contribution in [2.24, 2.45) is 0 Å². The number of allylic oxidation sites excluding steroid dienone is 8. The van der Waals surface area contributed by atoms with Crippen LogP contribution in [0.25, 0.3) is 0 Å². The van der Waals surface area contributed by atoms with Crippen molar-refractivity contribution in [1.82, 2.24) is 0 Å². The van der Waals surface area contributed by atoms with Crippen LogP contribution in [0.1, 0.15) is 53.4 Å². The number of hydrogen-bond acceptors (Lipinski definition) is 0. The van der Waals surface area contributed by atoms with Crippen LogP contribution in [0.3, 0.4) is 0 Å². The Balaban J connectivity index is 0. The molecule has 0 bridgehead atoms. The third-order valence-corrected chi connectivity index (χ3v) is 4.05. The molecule has 0 amide bonds. The zero-order valence-electron chi connectivity index (χ0n) is 12.1. The second-order valence-corrected chi connectivity index (χ2v) is 4.91.